The first-order chi connectivity index (χ1) is 11.9. The zero-order valence-corrected chi connectivity index (χ0v) is 14.6. The number of amides is 1. The van der Waals surface area contributed by atoms with Crippen molar-refractivity contribution in [1.29, 1.82) is 0 Å². The van der Waals surface area contributed by atoms with Crippen molar-refractivity contribution in [1.82, 2.24) is 9.62 Å². The van der Waals surface area contributed by atoms with Gasteiger partial charge >= 0.3 is 5.97 Å². The van der Waals surface area contributed by atoms with Gasteiger partial charge in [0.2, 0.25) is 0 Å². The van der Waals surface area contributed by atoms with Crippen LogP contribution < -0.4 is 4.72 Å². The molecule has 0 aliphatic carbocycles. The van der Waals surface area contributed by atoms with Crippen molar-refractivity contribution in [2.45, 2.75) is 30.8 Å². The van der Waals surface area contributed by atoms with E-state index < -0.39 is 22.1 Å². The van der Waals surface area contributed by atoms with Gasteiger partial charge in [0, 0.05) is 18.7 Å². The summed E-state index contributed by atoms with van der Waals surface area (Å²) >= 11 is 0. The molecule has 1 aromatic rings. The van der Waals surface area contributed by atoms with E-state index in [0.717, 1.165) is 12.8 Å². The van der Waals surface area contributed by atoms with Crippen LogP contribution in [-0.2, 0) is 24.3 Å². The van der Waals surface area contributed by atoms with Crippen LogP contribution >= 0.6 is 0 Å². The highest BCUT2D eigenvalue weighted by atomic mass is 32.2. The first-order valence-corrected chi connectivity index (χ1v) is 9.52. The first kappa shape index (κ1) is 17.4. The second kappa shape index (κ2) is 6.83. The molecule has 1 atom stereocenters. The molecule has 1 N–H and O–H groups in total. The lowest BCUT2D eigenvalue weighted by atomic mass is 10.2. The summed E-state index contributed by atoms with van der Waals surface area (Å²) in [6.07, 6.45) is 1.04. The molecule has 2 aliphatic heterocycles. The number of likely N-dealkylation sites (tertiary alicyclic amines) is 1. The summed E-state index contributed by atoms with van der Waals surface area (Å²) in [5, 5.41) is 0. The van der Waals surface area contributed by atoms with Gasteiger partial charge < -0.3 is 9.64 Å². The third-order valence-electron chi connectivity index (χ3n) is 4.10. The van der Waals surface area contributed by atoms with Crippen LogP contribution in [0.5, 0.6) is 0 Å². The number of carbonyl (C=O) groups excluding carboxylic acids is 2. The molecule has 134 valence electrons. The van der Waals surface area contributed by atoms with Gasteiger partial charge in [-0.25, -0.2) is 8.42 Å². The molecule has 9 heteroatoms. The molecule has 0 radical (unpaired) electrons. The largest absolute Gasteiger partial charge is 0.451 e. The Hall–Kier alpha value is -2.42. The highest BCUT2D eigenvalue weighted by Crippen LogP contribution is 2.22. The normalized spacial score (nSPS) is 20.8. The number of nitrogens with zero attached hydrogens (tertiary/aromatic N) is 2. The molecule has 3 rings (SSSR count). The van der Waals surface area contributed by atoms with E-state index in [0.29, 0.717) is 18.7 Å². The van der Waals surface area contributed by atoms with E-state index in [-0.39, 0.29) is 23.2 Å². The summed E-state index contributed by atoms with van der Waals surface area (Å²) in [5.41, 5.74) is 0.413. The Morgan fingerprint density at radius 1 is 1.28 bits per heavy atom. The average Bonchev–Trinajstić information content (AvgIpc) is 3.19. The molecule has 25 heavy (non-hydrogen) atoms. The van der Waals surface area contributed by atoms with Crippen molar-refractivity contribution in [2.75, 3.05) is 19.6 Å². The van der Waals surface area contributed by atoms with Crippen molar-refractivity contribution >= 4 is 27.7 Å². The number of esters is 1. The van der Waals surface area contributed by atoms with Gasteiger partial charge in [-0.05, 0) is 31.9 Å². The van der Waals surface area contributed by atoms with E-state index >= 15 is 0 Å². The third-order valence-corrected chi connectivity index (χ3v) is 5.50. The molecule has 1 fully saturated rings. The van der Waals surface area contributed by atoms with Crippen LogP contribution in [0.1, 0.15) is 25.3 Å². The third kappa shape index (κ3) is 3.65. The predicted octanol–water partition coefficient (Wildman–Crippen LogP) is 0.279. The Morgan fingerprint density at radius 2 is 1.96 bits per heavy atom. The Bertz CT molecular complexity index is 828. The molecule has 1 saturated heterocycles. The summed E-state index contributed by atoms with van der Waals surface area (Å²) in [5.74, 6) is -0.799. The van der Waals surface area contributed by atoms with E-state index in [1.165, 1.54) is 13.0 Å². The van der Waals surface area contributed by atoms with E-state index in [2.05, 4.69) is 9.71 Å². The maximum absolute atomic E-state index is 12.1. The van der Waals surface area contributed by atoms with Gasteiger partial charge in [-0.3, -0.25) is 19.3 Å². The molecule has 1 amide bonds. The Morgan fingerprint density at radius 3 is 2.68 bits per heavy atom. The molecule has 1 aromatic carbocycles. The molecule has 2 heterocycles. The SMILES string of the molecule is C[C@H](OC(=O)CN=C1NS(=O)(=O)c2ccccc21)C(=O)N1CCCC1. The van der Waals surface area contributed by atoms with E-state index in [1.54, 1.807) is 23.1 Å². The van der Waals surface area contributed by atoms with Crippen LogP contribution in [0.15, 0.2) is 34.2 Å². The van der Waals surface area contributed by atoms with Crippen molar-refractivity contribution in [3.63, 3.8) is 0 Å². The molecular formula is C16H19N3O5S. The second-order valence-corrected chi connectivity index (χ2v) is 7.58. The molecular weight excluding hydrogens is 346 g/mol. The minimum Gasteiger partial charge on any atom is -0.451 e. The Labute approximate surface area is 145 Å². The number of rotatable bonds is 4. The highest BCUT2D eigenvalue weighted by molar-refractivity contribution is 7.90. The maximum atomic E-state index is 12.1. The van der Waals surface area contributed by atoms with Gasteiger partial charge in [0.05, 0.1) is 4.90 Å². The molecule has 2 aliphatic rings. The molecule has 8 nitrogen and oxygen atoms in total. The van der Waals surface area contributed by atoms with Crippen molar-refractivity contribution in [2.24, 2.45) is 4.99 Å². The molecule has 0 bridgehead atoms. The number of hydrogen-bond acceptors (Lipinski definition) is 6. The number of benzene rings is 1. The number of nitrogens with one attached hydrogen (secondary N) is 1. The van der Waals surface area contributed by atoms with Crippen LogP contribution in [0.4, 0.5) is 0 Å². The van der Waals surface area contributed by atoms with Crippen molar-refractivity contribution in [3.8, 4) is 0 Å². The molecule has 0 unspecified atom stereocenters. The molecule has 0 saturated carbocycles. The fourth-order valence-corrected chi connectivity index (χ4v) is 4.13. The number of fused-ring (bicyclic) bond motifs is 1. The van der Waals surface area contributed by atoms with Gasteiger partial charge in [0.1, 0.15) is 12.4 Å². The van der Waals surface area contributed by atoms with Crippen LogP contribution in [0.25, 0.3) is 0 Å². The average molecular weight is 365 g/mol. The Kier molecular flexibility index (Phi) is 4.76. The number of amidine groups is 1. The quantitative estimate of drug-likeness (QED) is 0.772. The summed E-state index contributed by atoms with van der Waals surface area (Å²) in [6, 6.07) is 6.37. The zero-order chi connectivity index (χ0) is 18.0. The van der Waals surface area contributed by atoms with Gasteiger partial charge in [0.15, 0.2) is 6.10 Å². The van der Waals surface area contributed by atoms with Crippen molar-refractivity contribution < 1.29 is 22.7 Å². The first-order valence-electron chi connectivity index (χ1n) is 8.03. The van der Waals surface area contributed by atoms with E-state index in [9.17, 15) is 18.0 Å². The topological polar surface area (TPSA) is 105 Å². The fraction of sp³-hybridized carbons (Fsp3) is 0.438. The van der Waals surface area contributed by atoms with Gasteiger partial charge in [-0.2, -0.15) is 0 Å². The van der Waals surface area contributed by atoms with Gasteiger partial charge in [0.25, 0.3) is 15.9 Å². The van der Waals surface area contributed by atoms with Crippen LogP contribution in [0.3, 0.4) is 0 Å². The smallest absolute Gasteiger partial charge is 0.328 e. The fourth-order valence-electron chi connectivity index (χ4n) is 2.87. The standard InChI is InChI=1S/C16H19N3O5S/c1-11(16(21)19-8-4-5-9-19)24-14(20)10-17-15-12-6-2-3-7-13(12)25(22,23)18-15/h2-3,6-7,11H,4-5,8-10H2,1H3,(H,17,18)/t11-/m0/s1. The lowest BCUT2D eigenvalue weighted by Gasteiger charge is -2.20. The van der Waals surface area contributed by atoms with E-state index in [1.807, 2.05) is 0 Å². The summed E-state index contributed by atoms with van der Waals surface area (Å²) in [7, 11) is -3.64. The highest BCUT2D eigenvalue weighted by Gasteiger charge is 2.30. The Balaban J connectivity index is 1.62. The van der Waals surface area contributed by atoms with Crippen LogP contribution in [-0.4, -0.2) is 56.8 Å². The summed E-state index contributed by atoms with van der Waals surface area (Å²) < 4.78 is 31.3. The maximum Gasteiger partial charge on any atom is 0.328 e. The van der Waals surface area contributed by atoms with Crippen LogP contribution in [0.2, 0.25) is 0 Å². The van der Waals surface area contributed by atoms with E-state index in [4.69, 9.17) is 4.74 Å². The number of sulfonamides is 1. The monoisotopic (exact) mass is 365 g/mol. The lowest BCUT2D eigenvalue weighted by Crippen LogP contribution is -2.38. The second-order valence-electron chi connectivity index (χ2n) is 5.93. The zero-order valence-electron chi connectivity index (χ0n) is 13.8. The van der Waals surface area contributed by atoms with Crippen molar-refractivity contribution in [3.05, 3.63) is 29.8 Å². The molecule has 0 aromatic heterocycles. The summed E-state index contributed by atoms with van der Waals surface area (Å²) in [6.45, 7) is 2.52. The number of hydrogen-bond donors (Lipinski definition) is 1. The number of carbonyl (C=O) groups is 2. The molecule has 0 spiro atoms. The van der Waals surface area contributed by atoms with Gasteiger partial charge in [-0.15, -0.1) is 0 Å². The minimum atomic E-state index is -3.64. The van der Waals surface area contributed by atoms with Crippen LogP contribution in [0, 0.1) is 0 Å². The number of ether oxygens (including phenoxy) is 1. The summed E-state index contributed by atoms with van der Waals surface area (Å²) in [4.78, 5) is 29.8. The minimum absolute atomic E-state index is 0.103. The number of aliphatic imine (C=N–C) groups is 1. The predicted molar refractivity (Wildman–Crippen MR) is 89.5 cm³/mol. The lowest BCUT2D eigenvalue weighted by molar-refractivity contribution is -0.157. The van der Waals surface area contributed by atoms with Gasteiger partial charge in [-0.1, -0.05) is 12.1 Å².